The van der Waals surface area contributed by atoms with Crippen molar-refractivity contribution in [1.29, 1.82) is 0 Å². The van der Waals surface area contributed by atoms with E-state index in [9.17, 15) is 2.74 Å². The van der Waals surface area contributed by atoms with Crippen LogP contribution in [0.15, 0.2) is 133 Å². The van der Waals surface area contributed by atoms with Crippen LogP contribution in [-0.2, 0) is 43.7 Å². The van der Waals surface area contributed by atoms with Crippen molar-refractivity contribution in [3.8, 4) is 28.4 Å². The Bertz CT molecular complexity index is 3440. The van der Waals surface area contributed by atoms with Crippen LogP contribution in [0.1, 0.15) is 108 Å². The second-order valence-corrected chi connectivity index (χ2v) is 21.0. The van der Waals surface area contributed by atoms with Crippen molar-refractivity contribution in [2.75, 3.05) is 6.67 Å². The van der Waals surface area contributed by atoms with E-state index in [2.05, 4.69) is 118 Å². The fraction of sp³-hybridized carbons (Fsp3) is 0.288. The molecule has 5 heterocycles. The minimum atomic E-state index is -1.60. The van der Waals surface area contributed by atoms with Crippen molar-refractivity contribution in [3.63, 3.8) is 0 Å². The molecule has 65 heavy (non-hydrogen) atoms. The Kier molecular flexibility index (Phi) is 9.03. The van der Waals surface area contributed by atoms with E-state index >= 15 is 0 Å². The molecule has 2 aromatic heterocycles. The topological polar surface area (TPSA) is 27.1 Å². The first-order chi connectivity index (χ1) is 33.2. The summed E-state index contributed by atoms with van der Waals surface area (Å²) in [6.45, 7) is 26.8. The van der Waals surface area contributed by atoms with Gasteiger partial charge >= 0.3 is 0 Å². The summed E-state index contributed by atoms with van der Waals surface area (Å²) < 4.78 is 71.0. The van der Waals surface area contributed by atoms with Crippen LogP contribution in [0, 0.1) is 24.7 Å². The van der Waals surface area contributed by atoms with Crippen molar-refractivity contribution >= 4 is 44.6 Å². The van der Waals surface area contributed by atoms with Gasteiger partial charge in [0.25, 0.3) is 0 Å². The van der Waals surface area contributed by atoms with Crippen LogP contribution < -0.4 is 13.7 Å². The van der Waals surface area contributed by atoms with Gasteiger partial charge in [0.2, 0.25) is 0 Å². The number of hydrogen-bond acceptors (Lipinski definition) is 2. The normalized spacial score (nSPS) is 19.9. The Morgan fingerprint density at radius 2 is 1.40 bits per heavy atom. The number of fused-ring (bicyclic) bond motifs is 3. The third-order valence-corrected chi connectivity index (χ3v) is 12.9. The maximum absolute atomic E-state index is 9.51. The van der Waals surface area contributed by atoms with E-state index in [1.165, 1.54) is 11.1 Å². The predicted molar refractivity (Wildman–Crippen MR) is 268 cm³/mol. The SMILES string of the molecule is [2H]c1c([2H])c([2H])c(-c2ccc3c(c2)c2ccc(Oc4[c-]c([N@@+]56[CH-][N@@+](c7cc(C(C)(C)C)cc(C(C)(C)C)c7)(C5)c5c(C([2H])([2H])C(C)C)cccc56)ccc4)[c-]c2n3-c2cc(C(C)(C)C)ccn2)c([2H])c1[2H].[Pt]. The number of benzene rings is 6. The Balaban J connectivity index is 0.00000640. The van der Waals surface area contributed by atoms with Gasteiger partial charge in [0, 0.05) is 76.5 Å². The van der Waals surface area contributed by atoms with Crippen molar-refractivity contribution in [3.05, 3.63) is 175 Å². The third-order valence-electron chi connectivity index (χ3n) is 12.9. The smallest absolute Gasteiger partial charge is 0.184 e. The van der Waals surface area contributed by atoms with Crippen LogP contribution in [0.25, 0.3) is 38.8 Å². The zero-order valence-electron chi connectivity index (χ0n) is 46.2. The van der Waals surface area contributed by atoms with Crippen LogP contribution in [0.4, 0.5) is 22.7 Å². The molecular weight excluding hydrogens is 976 g/mol. The fourth-order valence-corrected chi connectivity index (χ4v) is 9.51. The van der Waals surface area contributed by atoms with Crippen LogP contribution in [-0.4, -0.2) is 16.2 Å². The molecule has 11 rings (SSSR count). The molecule has 0 N–H and O–H groups in total. The molecule has 0 unspecified atom stereocenters. The van der Waals surface area contributed by atoms with Gasteiger partial charge in [-0.1, -0.05) is 148 Å². The maximum Gasteiger partial charge on any atom is 0.184 e. The quantitative estimate of drug-likeness (QED) is 0.112. The minimum Gasteiger partial charge on any atom is -0.509 e. The zero-order chi connectivity index (χ0) is 51.1. The van der Waals surface area contributed by atoms with E-state index in [1.54, 1.807) is 6.07 Å². The molecule has 5 nitrogen and oxygen atoms in total. The summed E-state index contributed by atoms with van der Waals surface area (Å²) in [5, 5.41) is 1.62. The number of pyridine rings is 1. The molecule has 1 saturated heterocycles. The molecule has 8 aromatic rings. The number of rotatable bonds is 8. The van der Waals surface area contributed by atoms with E-state index < -0.39 is 12.4 Å². The number of nitrogens with zero attached hydrogens (tertiary/aromatic N) is 4. The van der Waals surface area contributed by atoms with E-state index in [1.807, 2.05) is 79.2 Å². The second kappa shape index (κ2) is 15.9. The number of ether oxygens (including phenoxy) is 1. The molecule has 334 valence electrons. The van der Waals surface area contributed by atoms with E-state index in [0.29, 0.717) is 49.6 Å². The average molecular weight is 1040 g/mol. The van der Waals surface area contributed by atoms with Gasteiger partial charge in [-0.05, 0) is 79.9 Å². The Morgan fingerprint density at radius 1 is 0.723 bits per heavy atom. The average Bonchev–Trinajstić information content (AvgIpc) is 3.90. The molecule has 0 aliphatic carbocycles. The van der Waals surface area contributed by atoms with Crippen LogP contribution in [0.3, 0.4) is 0 Å². The minimum absolute atomic E-state index is 0. The largest absolute Gasteiger partial charge is 0.509 e. The van der Waals surface area contributed by atoms with Crippen LogP contribution >= 0.6 is 0 Å². The molecule has 0 saturated carbocycles. The van der Waals surface area contributed by atoms with Crippen molar-refractivity contribution < 1.29 is 35.4 Å². The van der Waals surface area contributed by atoms with Crippen molar-refractivity contribution in [1.82, 2.24) is 18.5 Å². The summed E-state index contributed by atoms with van der Waals surface area (Å²) in [6, 6.07) is 38.1. The molecule has 2 bridgehead atoms. The molecule has 0 amide bonds. The predicted octanol–water partition coefficient (Wildman–Crippen LogP) is 15.7. The van der Waals surface area contributed by atoms with Crippen molar-refractivity contribution in [2.45, 2.75) is 98.8 Å². The summed E-state index contributed by atoms with van der Waals surface area (Å²) in [5.74, 6) is 1.36. The molecule has 6 heteroatoms. The van der Waals surface area contributed by atoms with Gasteiger partial charge in [0.15, 0.2) is 18.0 Å². The summed E-state index contributed by atoms with van der Waals surface area (Å²) in [7, 11) is 0. The Labute approximate surface area is 411 Å². The Morgan fingerprint density at radius 3 is 2.08 bits per heavy atom. The van der Waals surface area contributed by atoms with Gasteiger partial charge in [-0.3, -0.25) is 4.48 Å². The monoisotopic (exact) mass is 1040 g/mol. The summed E-state index contributed by atoms with van der Waals surface area (Å²) in [4.78, 5) is 4.86. The van der Waals surface area contributed by atoms with Crippen LogP contribution in [0.2, 0.25) is 0 Å². The van der Waals surface area contributed by atoms with Crippen LogP contribution in [0.5, 0.6) is 11.5 Å². The van der Waals surface area contributed by atoms with Gasteiger partial charge in [-0.25, -0.2) is 4.98 Å². The first-order valence-corrected chi connectivity index (χ1v) is 22.4. The molecule has 3 aliphatic rings. The van der Waals surface area contributed by atoms with Gasteiger partial charge in [-0.15, -0.1) is 29.7 Å². The number of aromatic nitrogens is 2. The fourth-order valence-electron chi connectivity index (χ4n) is 9.51. The molecule has 2 atom stereocenters. The van der Waals surface area contributed by atoms with Crippen molar-refractivity contribution in [2.24, 2.45) is 5.92 Å². The molecule has 0 radical (unpaired) electrons. The van der Waals surface area contributed by atoms with Gasteiger partial charge in [-0.2, -0.15) is 12.1 Å². The summed E-state index contributed by atoms with van der Waals surface area (Å²) in [5.41, 5.74) is 10.0. The first-order valence-electron chi connectivity index (χ1n) is 25.9. The summed E-state index contributed by atoms with van der Waals surface area (Å²) in [6.07, 6.45) is 0.210. The second-order valence-electron chi connectivity index (χ2n) is 21.0. The summed E-state index contributed by atoms with van der Waals surface area (Å²) >= 11 is 0. The molecular formula is C59H61N4OPt-. The number of para-hydroxylation sites is 1. The van der Waals surface area contributed by atoms with Gasteiger partial charge < -0.3 is 13.8 Å². The number of quaternary nitrogens is 2. The number of hydrogen-bond donors (Lipinski definition) is 0. The molecule has 3 aliphatic heterocycles. The van der Waals surface area contributed by atoms with E-state index in [4.69, 9.17) is 16.6 Å². The Hall–Kier alpha value is -5.32. The standard InChI is InChI=1S/C59H61N4O.Pt/c1-39(2)29-42-19-15-22-54-56(42)63(47-32-44(58(6,7)8)31-45(33-47)59(9,10)11)37-62(54,38-63)46-20-16-21-48(35-46)64-49-24-25-50-51-30-41(40-17-13-12-14-18-40)23-26-52(51)61(53(50)36-49)55-34-43(27-28-60-55)57(3,4)5;/h12-28,30-34,37,39H,29,38H2,1-11H3;/q-1;/t62-,63+;/m1./s1/i12D,13D,14D,17D,18D,29D2;. The van der Waals surface area contributed by atoms with Gasteiger partial charge in [0.05, 0.1) is 13.5 Å². The first kappa shape index (κ1) is 36.8. The zero-order valence-corrected chi connectivity index (χ0v) is 41.5. The third kappa shape index (κ3) is 7.68. The molecule has 1 fully saturated rings. The van der Waals surface area contributed by atoms with Gasteiger partial charge in [0.1, 0.15) is 11.5 Å². The molecule has 0 spiro atoms. The van der Waals surface area contributed by atoms with E-state index in [0.717, 1.165) is 44.6 Å². The van der Waals surface area contributed by atoms with E-state index in [-0.39, 0.29) is 73.0 Å². The maximum atomic E-state index is 9.51. The molecule has 6 aromatic carbocycles.